The van der Waals surface area contributed by atoms with Crippen LogP contribution in [0.5, 0.6) is 0 Å². The van der Waals surface area contributed by atoms with Crippen LogP contribution in [0.2, 0.25) is 0 Å². The molecule has 1 aliphatic rings. The predicted octanol–water partition coefficient (Wildman–Crippen LogP) is 2.15. The molecule has 0 unspecified atom stereocenters. The van der Waals surface area contributed by atoms with Crippen LogP contribution in [-0.4, -0.2) is 23.1 Å². The van der Waals surface area contributed by atoms with Gasteiger partial charge in [-0.1, -0.05) is 0 Å². The average Bonchev–Trinajstić information content (AvgIpc) is 2.83. The smallest absolute Gasteiger partial charge is 0.133 e. The van der Waals surface area contributed by atoms with E-state index < -0.39 is 0 Å². The molecule has 0 amide bonds. The summed E-state index contributed by atoms with van der Waals surface area (Å²) in [7, 11) is 2.09. The fraction of sp³-hybridized carbons (Fsp3) is 0.556. The molecule has 3 nitrogen and oxygen atoms in total. The van der Waals surface area contributed by atoms with Crippen molar-refractivity contribution in [3.8, 4) is 0 Å². The van der Waals surface area contributed by atoms with E-state index in [9.17, 15) is 0 Å². The summed E-state index contributed by atoms with van der Waals surface area (Å²) in [4.78, 5) is 10.8. The lowest BCUT2D eigenvalue weighted by molar-refractivity contribution is 0.870. The van der Waals surface area contributed by atoms with E-state index in [1.807, 2.05) is 13.0 Å². The first-order valence-electron chi connectivity index (χ1n) is 4.41. The maximum atomic E-state index is 4.38. The zero-order chi connectivity index (χ0) is 9.42. The van der Waals surface area contributed by atoms with Gasteiger partial charge < -0.3 is 4.90 Å². The molecule has 0 spiro atoms. The fourth-order valence-electron chi connectivity index (χ4n) is 1.35. The Bertz CT molecular complexity index is 302. The molecule has 0 saturated heterocycles. The zero-order valence-corrected chi connectivity index (χ0v) is 9.37. The number of anilines is 1. The van der Waals surface area contributed by atoms with E-state index in [0.717, 1.165) is 16.2 Å². The van der Waals surface area contributed by atoms with Crippen LogP contribution in [0.4, 0.5) is 5.82 Å². The lowest BCUT2D eigenvalue weighted by Crippen LogP contribution is -2.21. The quantitative estimate of drug-likeness (QED) is 0.744. The van der Waals surface area contributed by atoms with Crippen molar-refractivity contribution >= 4 is 21.7 Å². The third-order valence-corrected chi connectivity index (χ3v) is 2.66. The topological polar surface area (TPSA) is 29.0 Å². The Hall–Kier alpha value is -0.640. The second-order valence-electron chi connectivity index (χ2n) is 3.44. The van der Waals surface area contributed by atoms with Crippen molar-refractivity contribution in [3.63, 3.8) is 0 Å². The van der Waals surface area contributed by atoms with Crippen LogP contribution in [0.25, 0.3) is 0 Å². The molecule has 1 aliphatic carbocycles. The van der Waals surface area contributed by atoms with Gasteiger partial charge in [0.1, 0.15) is 16.2 Å². The largest absolute Gasteiger partial charge is 0.357 e. The van der Waals surface area contributed by atoms with Crippen LogP contribution in [0.1, 0.15) is 18.7 Å². The lowest BCUT2D eigenvalue weighted by Gasteiger charge is -2.17. The predicted molar refractivity (Wildman–Crippen MR) is 55.9 cm³/mol. The van der Waals surface area contributed by atoms with Gasteiger partial charge in [0.25, 0.3) is 0 Å². The summed E-state index contributed by atoms with van der Waals surface area (Å²) in [5, 5.41) is 0. The minimum atomic E-state index is 0.696. The highest BCUT2D eigenvalue weighted by Crippen LogP contribution is 2.29. The van der Waals surface area contributed by atoms with Crippen molar-refractivity contribution in [1.29, 1.82) is 0 Å². The third kappa shape index (κ3) is 1.99. The van der Waals surface area contributed by atoms with Gasteiger partial charge in [-0.05, 0) is 35.7 Å². The molecule has 13 heavy (non-hydrogen) atoms. The monoisotopic (exact) mass is 241 g/mol. The first kappa shape index (κ1) is 8.94. The molecule has 0 aliphatic heterocycles. The molecule has 1 heterocycles. The molecule has 1 aromatic rings. The molecule has 0 bridgehead atoms. The molecule has 0 aromatic carbocycles. The first-order chi connectivity index (χ1) is 6.16. The highest BCUT2D eigenvalue weighted by Gasteiger charge is 2.27. The van der Waals surface area contributed by atoms with Crippen molar-refractivity contribution in [2.24, 2.45) is 0 Å². The van der Waals surface area contributed by atoms with Crippen molar-refractivity contribution in [2.75, 3.05) is 11.9 Å². The van der Waals surface area contributed by atoms with E-state index >= 15 is 0 Å². The van der Waals surface area contributed by atoms with Gasteiger partial charge >= 0.3 is 0 Å². The maximum absolute atomic E-state index is 4.38. The van der Waals surface area contributed by atoms with E-state index in [0.29, 0.717) is 6.04 Å². The second-order valence-corrected chi connectivity index (χ2v) is 4.25. The van der Waals surface area contributed by atoms with E-state index in [1.54, 1.807) is 0 Å². The summed E-state index contributed by atoms with van der Waals surface area (Å²) >= 11 is 3.37. The normalized spacial score (nSPS) is 15.9. The molecule has 0 N–H and O–H groups in total. The molecule has 0 atom stereocenters. The van der Waals surface area contributed by atoms with Crippen molar-refractivity contribution in [2.45, 2.75) is 25.8 Å². The number of hydrogen-bond acceptors (Lipinski definition) is 3. The van der Waals surface area contributed by atoms with Gasteiger partial charge in [0.05, 0.1) is 0 Å². The molecule has 4 heteroatoms. The summed E-state index contributed by atoms with van der Waals surface area (Å²) in [5.74, 6) is 1.83. The number of aryl methyl sites for hydroxylation is 1. The van der Waals surface area contributed by atoms with Crippen molar-refractivity contribution < 1.29 is 0 Å². The van der Waals surface area contributed by atoms with Crippen molar-refractivity contribution in [3.05, 3.63) is 16.5 Å². The minimum Gasteiger partial charge on any atom is -0.357 e. The second kappa shape index (κ2) is 3.25. The van der Waals surface area contributed by atoms with E-state index in [4.69, 9.17) is 0 Å². The summed E-state index contributed by atoms with van der Waals surface area (Å²) < 4.78 is 0.863. The van der Waals surface area contributed by atoms with Gasteiger partial charge in [0, 0.05) is 19.2 Å². The maximum Gasteiger partial charge on any atom is 0.133 e. The average molecular weight is 242 g/mol. The van der Waals surface area contributed by atoms with Crippen LogP contribution in [-0.2, 0) is 0 Å². The Morgan fingerprint density at radius 3 is 2.69 bits per heavy atom. The Labute approximate surface area is 86.3 Å². The Morgan fingerprint density at radius 1 is 1.46 bits per heavy atom. The van der Waals surface area contributed by atoms with E-state index in [-0.39, 0.29) is 0 Å². The molecule has 0 radical (unpaired) electrons. The van der Waals surface area contributed by atoms with Crippen LogP contribution in [0.15, 0.2) is 10.7 Å². The molecule has 1 saturated carbocycles. The fourth-order valence-corrected chi connectivity index (χ4v) is 1.81. The van der Waals surface area contributed by atoms with Crippen LogP contribution >= 0.6 is 15.9 Å². The summed E-state index contributed by atoms with van der Waals surface area (Å²) in [6.07, 6.45) is 2.58. The summed E-state index contributed by atoms with van der Waals surface area (Å²) in [6, 6.07) is 2.66. The molecular formula is C9H12BrN3. The Kier molecular flexibility index (Phi) is 2.24. The molecule has 1 fully saturated rings. The lowest BCUT2D eigenvalue weighted by atomic mass is 10.4. The number of hydrogen-bond donors (Lipinski definition) is 0. The standard InChI is InChI=1S/C9H12BrN3/c1-6-11-8(10)5-9(12-6)13(2)7-3-4-7/h5,7H,3-4H2,1-2H3. The Morgan fingerprint density at radius 2 is 2.15 bits per heavy atom. The molecule has 1 aromatic heterocycles. The van der Waals surface area contributed by atoms with Gasteiger partial charge in [0.15, 0.2) is 0 Å². The van der Waals surface area contributed by atoms with Gasteiger partial charge in [-0.3, -0.25) is 0 Å². The number of aromatic nitrogens is 2. The summed E-state index contributed by atoms with van der Waals surface area (Å²) in [6.45, 7) is 1.91. The molecular weight excluding hydrogens is 230 g/mol. The van der Waals surface area contributed by atoms with Gasteiger partial charge in [-0.15, -0.1) is 0 Å². The molecule has 2 rings (SSSR count). The highest BCUT2D eigenvalue weighted by atomic mass is 79.9. The summed E-state index contributed by atoms with van der Waals surface area (Å²) in [5.41, 5.74) is 0. The minimum absolute atomic E-state index is 0.696. The number of halogens is 1. The third-order valence-electron chi connectivity index (χ3n) is 2.25. The number of nitrogens with zero attached hydrogens (tertiary/aromatic N) is 3. The van der Waals surface area contributed by atoms with Crippen LogP contribution in [0.3, 0.4) is 0 Å². The van der Waals surface area contributed by atoms with E-state index in [2.05, 4.69) is 37.8 Å². The van der Waals surface area contributed by atoms with Crippen molar-refractivity contribution in [1.82, 2.24) is 9.97 Å². The zero-order valence-electron chi connectivity index (χ0n) is 7.79. The van der Waals surface area contributed by atoms with Gasteiger partial charge in [-0.2, -0.15) is 0 Å². The SMILES string of the molecule is Cc1nc(Br)cc(N(C)C2CC2)n1. The Balaban J connectivity index is 2.27. The highest BCUT2D eigenvalue weighted by molar-refractivity contribution is 9.10. The number of rotatable bonds is 2. The van der Waals surface area contributed by atoms with Gasteiger partial charge in [-0.25, -0.2) is 9.97 Å². The van der Waals surface area contributed by atoms with Crippen LogP contribution in [0, 0.1) is 6.92 Å². The van der Waals surface area contributed by atoms with E-state index in [1.165, 1.54) is 12.8 Å². The van der Waals surface area contributed by atoms with Crippen LogP contribution < -0.4 is 4.90 Å². The van der Waals surface area contributed by atoms with Gasteiger partial charge in [0.2, 0.25) is 0 Å². The first-order valence-corrected chi connectivity index (χ1v) is 5.20. The molecule has 70 valence electrons.